The van der Waals surface area contributed by atoms with Gasteiger partial charge in [-0.2, -0.15) is 0 Å². The number of ether oxygens (including phenoxy) is 2. The van der Waals surface area contributed by atoms with Crippen LogP contribution in [0.3, 0.4) is 0 Å². The number of hydrogen-bond acceptors (Lipinski definition) is 5. The molecule has 0 amide bonds. The first-order valence-corrected chi connectivity index (χ1v) is 14.6. The molecule has 36 heavy (non-hydrogen) atoms. The van der Waals surface area contributed by atoms with Crippen LogP contribution in [0.15, 0.2) is 82.6 Å². The number of methoxy groups -OCH3 is 2. The topological polar surface area (TPSA) is 21.7 Å². The summed E-state index contributed by atoms with van der Waals surface area (Å²) in [7, 11) is 3.47. The molecule has 1 saturated heterocycles. The first-order valence-electron chi connectivity index (χ1n) is 13.0. The molecule has 3 nitrogen and oxygen atoms in total. The molecule has 0 bridgehead atoms. The van der Waals surface area contributed by atoms with E-state index in [4.69, 9.17) is 9.47 Å². The SMILES string of the molecule is COc1cc2c(cc1OC)C1CC(Sc3ccccc3)(Sc3ccccc3)C(CC(C)C)CN1CC2. The highest BCUT2D eigenvalue weighted by Crippen LogP contribution is 2.60. The summed E-state index contributed by atoms with van der Waals surface area (Å²) >= 11 is 4.17. The Kier molecular flexibility index (Phi) is 7.90. The zero-order valence-electron chi connectivity index (χ0n) is 21.8. The Morgan fingerprint density at radius 3 is 2.03 bits per heavy atom. The fraction of sp³-hybridized carbons (Fsp3) is 0.419. The second-order valence-electron chi connectivity index (χ2n) is 10.3. The van der Waals surface area contributed by atoms with Crippen LogP contribution in [-0.2, 0) is 6.42 Å². The van der Waals surface area contributed by atoms with Gasteiger partial charge in [0.15, 0.2) is 11.5 Å². The molecule has 2 unspecified atom stereocenters. The standard InChI is InChI=1S/C31H37NO2S2/c1-22(2)17-24-21-32-16-15-23-18-29(33-3)30(34-4)19-27(23)28(32)20-31(24,35-25-11-7-5-8-12-25)36-26-13-9-6-10-14-26/h5-14,18-19,22,24,28H,15-17,20-21H2,1-4H3. The number of hydrogen-bond donors (Lipinski definition) is 0. The lowest BCUT2D eigenvalue weighted by Crippen LogP contribution is -2.52. The average molecular weight is 520 g/mol. The third-order valence-electron chi connectivity index (χ3n) is 7.49. The number of nitrogens with zero attached hydrogens (tertiary/aromatic N) is 1. The van der Waals surface area contributed by atoms with Crippen LogP contribution in [0.2, 0.25) is 0 Å². The number of rotatable bonds is 8. The van der Waals surface area contributed by atoms with Crippen molar-refractivity contribution in [1.29, 1.82) is 0 Å². The van der Waals surface area contributed by atoms with Crippen molar-refractivity contribution in [3.63, 3.8) is 0 Å². The fourth-order valence-electron chi connectivity index (χ4n) is 5.87. The van der Waals surface area contributed by atoms with E-state index < -0.39 is 0 Å². The summed E-state index contributed by atoms with van der Waals surface area (Å²) in [5.41, 5.74) is 2.81. The molecule has 5 heteroatoms. The lowest BCUT2D eigenvalue weighted by Gasteiger charge is -2.53. The van der Waals surface area contributed by atoms with Crippen LogP contribution in [0.5, 0.6) is 11.5 Å². The lowest BCUT2D eigenvalue weighted by atomic mass is 9.80. The molecule has 3 aromatic carbocycles. The van der Waals surface area contributed by atoms with Gasteiger partial charge in [0.25, 0.3) is 0 Å². The van der Waals surface area contributed by atoms with Gasteiger partial charge in [-0.05, 0) is 78.6 Å². The van der Waals surface area contributed by atoms with Crippen molar-refractivity contribution in [2.75, 3.05) is 27.3 Å². The minimum Gasteiger partial charge on any atom is -0.493 e. The van der Waals surface area contributed by atoms with Crippen molar-refractivity contribution in [2.45, 2.75) is 53.0 Å². The third-order valence-corrected chi connectivity index (χ3v) is 10.7. The van der Waals surface area contributed by atoms with Gasteiger partial charge >= 0.3 is 0 Å². The summed E-state index contributed by atoms with van der Waals surface area (Å²) < 4.78 is 11.4. The molecule has 2 atom stereocenters. The van der Waals surface area contributed by atoms with E-state index in [0.29, 0.717) is 17.9 Å². The van der Waals surface area contributed by atoms with Gasteiger partial charge in [0.2, 0.25) is 0 Å². The Morgan fingerprint density at radius 1 is 0.889 bits per heavy atom. The lowest BCUT2D eigenvalue weighted by molar-refractivity contribution is 0.0860. The van der Waals surface area contributed by atoms with E-state index in [0.717, 1.165) is 37.4 Å². The molecule has 1 fully saturated rings. The van der Waals surface area contributed by atoms with Crippen molar-refractivity contribution >= 4 is 23.5 Å². The second kappa shape index (κ2) is 11.1. The molecular weight excluding hydrogens is 482 g/mol. The fourth-order valence-corrected chi connectivity index (χ4v) is 9.15. The molecule has 0 aromatic heterocycles. The van der Waals surface area contributed by atoms with E-state index >= 15 is 0 Å². The quantitative estimate of drug-likeness (QED) is 0.281. The zero-order valence-corrected chi connectivity index (χ0v) is 23.4. The first kappa shape index (κ1) is 25.6. The number of benzene rings is 3. The van der Waals surface area contributed by atoms with Crippen LogP contribution in [-0.4, -0.2) is 36.3 Å². The molecule has 2 aliphatic rings. The van der Waals surface area contributed by atoms with Gasteiger partial charge < -0.3 is 9.47 Å². The Labute approximate surface area is 225 Å². The average Bonchev–Trinajstić information content (AvgIpc) is 2.89. The predicted molar refractivity (Wildman–Crippen MR) is 152 cm³/mol. The number of thioether (sulfide) groups is 2. The highest BCUT2D eigenvalue weighted by molar-refractivity contribution is 8.18. The van der Waals surface area contributed by atoms with Gasteiger partial charge in [-0.3, -0.25) is 4.90 Å². The predicted octanol–water partition coefficient (Wildman–Crippen LogP) is 7.95. The molecule has 0 radical (unpaired) electrons. The Morgan fingerprint density at radius 2 is 1.47 bits per heavy atom. The van der Waals surface area contributed by atoms with Crippen LogP contribution >= 0.6 is 23.5 Å². The molecule has 190 valence electrons. The molecule has 5 rings (SSSR count). The highest BCUT2D eigenvalue weighted by Gasteiger charge is 2.50. The van der Waals surface area contributed by atoms with Crippen molar-refractivity contribution in [2.24, 2.45) is 11.8 Å². The molecule has 2 heterocycles. The minimum absolute atomic E-state index is 0.0237. The molecular formula is C31H37NO2S2. The Balaban J connectivity index is 1.60. The van der Waals surface area contributed by atoms with E-state index in [1.165, 1.54) is 27.3 Å². The van der Waals surface area contributed by atoms with Gasteiger partial charge in [0, 0.05) is 28.9 Å². The van der Waals surface area contributed by atoms with Crippen LogP contribution in [0.1, 0.15) is 43.9 Å². The summed E-state index contributed by atoms with van der Waals surface area (Å²) in [6.07, 6.45) is 3.37. The monoisotopic (exact) mass is 519 g/mol. The summed E-state index contributed by atoms with van der Waals surface area (Å²) in [5.74, 6) is 2.90. The second-order valence-corrected chi connectivity index (χ2v) is 13.4. The molecule has 3 aromatic rings. The Hall–Kier alpha value is -2.08. The molecule has 0 aliphatic carbocycles. The van der Waals surface area contributed by atoms with Crippen molar-refractivity contribution in [3.8, 4) is 11.5 Å². The van der Waals surface area contributed by atoms with Gasteiger partial charge in [-0.25, -0.2) is 0 Å². The van der Waals surface area contributed by atoms with Crippen molar-refractivity contribution in [1.82, 2.24) is 4.90 Å². The van der Waals surface area contributed by atoms with E-state index in [-0.39, 0.29) is 4.08 Å². The highest BCUT2D eigenvalue weighted by atomic mass is 32.2. The van der Waals surface area contributed by atoms with Gasteiger partial charge in [0.05, 0.1) is 18.3 Å². The van der Waals surface area contributed by atoms with Crippen LogP contribution in [0.4, 0.5) is 0 Å². The summed E-state index contributed by atoms with van der Waals surface area (Å²) in [6, 6.07) is 26.8. The van der Waals surface area contributed by atoms with E-state index in [9.17, 15) is 0 Å². The van der Waals surface area contributed by atoms with E-state index in [2.05, 4.69) is 115 Å². The summed E-state index contributed by atoms with van der Waals surface area (Å²) in [6.45, 7) is 6.97. The van der Waals surface area contributed by atoms with Crippen LogP contribution in [0, 0.1) is 11.8 Å². The van der Waals surface area contributed by atoms with Gasteiger partial charge in [0.1, 0.15) is 0 Å². The number of piperidine rings is 1. The van der Waals surface area contributed by atoms with Gasteiger partial charge in [-0.1, -0.05) is 50.2 Å². The number of fused-ring (bicyclic) bond motifs is 3. The van der Waals surface area contributed by atoms with E-state index in [1.807, 2.05) is 0 Å². The van der Waals surface area contributed by atoms with Gasteiger partial charge in [-0.15, -0.1) is 23.5 Å². The minimum atomic E-state index is 0.0237. The molecule has 2 aliphatic heterocycles. The maximum atomic E-state index is 5.75. The normalized spacial score (nSPS) is 21.0. The first-order chi connectivity index (χ1) is 17.5. The molecule has 0 N–H and O–H groups in total. The van der Waals surface area contributed by atoms with Crippen molar-refractivity contribution < 1.29 is 9.47 Å². The largest absolute Gasteiger partial charge is 0.493 e. The van der Waals surface area contributed by atoms with E-state index in [1.54, 1.807) is 14.2 Å². The maximum Gasteiger partial charge on any atom is 0.161 e. The maximum absolute atomic E-state index is 5.75. The van der Waals surface area contributed by atoms with Crippen LogP contribution < -0.4 is 9.47 Å². The van der Waals surface area contributed by atoms with Crippen LogP contribution in [0.25, 0.3) is 0 Å². The smallest absolute Gasteiger partial charge is 0.161 e. The summed E-state index contributed by atoms with van der Waals surface area (Å²) in [4.78, 5) is 5.45. The Bertz CT molecular complexity index is 1110. The molecule has 0 spiro atoms. The third kappa shape index (κ3) is 5.29. The zero-order chi connectivity index (χ0) is 25.1. The summed E-state index contributed by atoms with van der Waals surface area (Å²) in [5, 5.41) is 0. The van der Waals surface area contributed by atoms with Crippen molar-refractivity contribution in [3.05, 3.63) is 83.9 Å². The molecule has 0 saturated carbocycles.